The number of nitrogens with zero attached hydrogens (tertiary/aromatic N) is 1. The van der Waals surface area contributed by atoms with Gasteiger partial charge in [-0.2, -0.15) is 0 Å². The Labute approximate surface area is 111 Å². The lowest BCUT2D eigenvalue weighted by atomic mass is 9.88. The van der Waals surface area contributed by atoms with Gasteiger partial charge in [0.05, 0.1) is 5.92 Å². The van der Waals surface area contributed by atoms with Crippen molar-refractivity contribution in [3.05, 3.63) is 0 Å². The molecule has 3 heteroatoms. The normalized spacial score (nSPS) is 38.3. The molecule has 0 aromatic heterocycles. The zero-order chi connectivity index (χ0) is 13.1. The molecule has 4 atom stereocenters. The second kappa shape index (κ2) is 6.05. The van der Waals surface area contributed by atoms with Crippen LogP contribution in [0.25, 0.3) is 0 Å². The van der Waals surface area contributed by atoms with Crippen LogP contribution in [0.4, 0.5) is 0 Å². The van der Waals surface area contributed by atoms with Gasteiger partial charge in [-0.1, -0.05) is 26.2 Å². The highest BCUT2D eigenvalue weighted by Crippen LogP contribution is 2.29. The highest BCUT2D eigenvalue weighted by Gasteiger charge is 2.35. The Hall–Kier alpha value is -0.570. The largest absolute Gasteiger partial charge is 0.339 e. The fourth-order valence-corrected chi connectivity index (χ4v) is 3.50. The number of hydrogen-bond acceptors (Lipinski definition) is 2. The van der Waals surface area contributed by atoms with Crippen molar-refractivity contribution >= 4 is 5.91 Å². The highest BCUT2D eigenvalue weighted by atomic mass is 16.2. The van der Waals surface area contributed by atoms with Crippen molar-refractivity contribution in [2.75, 3.05) is 6.54 Å². The first-order valence-electron chi connectivity index (χ1n) is 7.67. The lowest BCUT2D eigenvalue weighted by Crippen LogP contribution is -2.51. The molecule has 1 saturated heterocycles. The molecule has 0 spiro atoms. The van der Waals surface area contributed by atoms with Crippen molar-refractivity contribution in [1.82, 2.24) is 4.90 Å². The average Bonchev–Trinajstić information content (AvgIpc) is 2.57. The molecule has 1 heterocycles. The summed E-state index contributed by atoms with van der Waals surface area (Å²) in [5.41, 5.74) is 6.22. The number of amides is 1. The summed E-state index contributed by atoms with van der Waals surface area (Å²) >= 11 is 0. The van der Waals surface area contributed by atoms with Crippen LogP contribution in [-0.4, -0.2) is 29.4 Å². The standard InChI is InChI=1S/C15H28N2O/c1-11-7-6-10-17(12(11)2)15(18)13-8-4-3-5-9-14(13)16/h11-14H,3-10,16H2,1-2H3. The minimum atomic E-state index is 0.0836. The fourth-order valence-electron chi connectivity index (χ4n) is 3.50. The van der Waals surface area contributed by atoms with Crippen LogP contribution in [0.1, 0.15) is 58.8 Å². The molecule has 18 heavy (non-hydrogen) atoms. The Balaban J connectivity index is 2.04. The zero-order valence-corrected chi connectivity index (χ0v) is 11.9. The Morgan fingerprint density at radius 1 is 1.06 bits per heavy atom. The van der Waals surface area contributed by atoms with Gasteiger partial charge >= 0.3 is 0 Å². The lowest BCUT2D eigenvalue weighted by molar-refractivity contribution is -0.141. The van der Waals surface area contributed by atoms with Crippen LogP contribution < -0.4 is 5.73 Å². The molecule has 2 aliphatic rings. The summed E-state index contributed by atoms with van der Waals surface area (Å²) in [6.07, 6.45) is 8.02. The van der Waals surface area contributed by atoms with E-state index >= 15 is 0 Å². The van der Waals surface area contributed by atoms with Gasteiger partial charge in [0.25, 0.3) is 0 Å². The predicted octanol–water partition coefficient (Wildman–Crippen LogP) is 2.54. The van der Waals surface area contributed by atoms with Gasteiger partial charge in [-0.3, -0.25) is 4.79 Å². The number of hydrogen-bond donors (Lipinski definition) is 1. The summed E-state index contributed by atoms with van der Waals surface area (Å²) in [4.78, 5) is 14.8. The number of rotatable bonds is 1. The van der Waals surface area contributed by atoms with E-state index in [0.29, 0.717) is 17.9 Å². The third-order valence-electron chi connectivity index (χ3n) is 5.04. The van der Waals surface area contributed by atoms with Crippen LogP contribution in [0, 0.1) is 11.8 Å². The molecule has 0 aromatic carbocycles. The predicted molar refractivity (Wildman–Crippen MR) is 74.1 cm³/mol. The van der Waals surface area contributed by atoms with Gasteiger partial charge in [0.2, 0.25) is 5.91 Å². The van der Waals surface area contributed by atoms with Crippen molar-refractivity contribution in [3.8, 4) is 0 Å². The van der Waals surface area contributed by atoms with Gasteiger partial charge in [-0.15, -0.1) is 0 Å². The van der Waals surface area contributed by atoms with Gasteiger partial charge < -0.3 is 10.6 Å². The van der Waals surface area contributed by atoms with Gasteiger partial charge in [0.1, 0.15) is 0 Å². The second-order valence-corrected chi connectivity index (χ2v) is 6.30. The maximum absolute atomic E-state index is 12.7. The van der Waals surface area contributed by atoms with Crippen LogP contribution in [0.15, 0.2) is 0 Å². The van der Waals surface area contributed by atoms with Crippen molar-refractivity contribution in [2.45, 2.75) is 70.9 Å². The van der Waals surface area contributed by atoms with Gasteiger partial charge in [0.15, 0.2) is 0 Å². The molecule has 3 nitrogen and oxygen atoms in total. The molecule has 1 saturated carbocycles. The molecule has 1 aliphatic heterocycles. The van der Waals surface area contributed by atoms with Crippen molar-refractivity contribution in [1.29, 1.82) is 0 Å². The summed E-state index contributed by atoms with van der Waals surface area (Å²) < 4.78 is 0. The molecule has 0 bridgehead atoms. The summed E-state index contributed by atoms with van der Waals surface area (Å²) in [6, 6.07) is 0.478. The molecule has 2 N–H and O–H groups in total. The molecule has 0 radical (unpaired) electrons. The third-order valence-corrected chi connectivity index (χ3v) is 5.04. The number of carbonyl (C=O) groups is 1. The molecule has 104 valence electrons. The van der Waals surface area contributed by atoms with Crippen LogP contribution in [0.5, 0.6) is 0 Å². The van der Waals surface area contributed by atoms with E-state index in [-0.39, 0.29) is 12.0 Å². The minimum absolute atomic E-state index is 0.0836. The van der Waals surface area contributed by atoms with E-state index in [1.54, 1.807) is 0 Å². The van der Waals surface area contributed by atoms with E-state index in [2.05, 4.69) is 18.7 Å². The summed E-state index contributed by atoms with van der Waals surface area (Å²) in [7, 11) is 0. The number of carbonyl (C=O) groups excluding carboxylic acids is 1. The first-order chi connectivity index (χ1) is 8.61. The van der Waals surface area contributed by atoms with Crippen molar-refractivity contribution in [3.63, 3.8) is 0 Å². The maximum atomic E-state index is 12.7. The quantitative estimate of drug-likeness (QED) is 0.729. The van der Waals surface area contributed by atoms with E-state index in [0.717, 1.165) is 25.8 Å². The topological polar surface area (TPSA) is 46.3 Å². The molecule has 0 aromatic rings. The number of piperidine rings is 1. The first kappa shape index (κ1) is 13.9. The van der Waals surface area contributed by atoms with Gasteiger partial charge in [-0.05, 0) is 38.5 Å². The average molecular weight is 252 g/mol. The van der Waals surface area contributed by atoms with E-state index in [1.165, 1.54) is 25.7 Å². The molecule has 4 unspecified atom stereocenters. The second-order valence-electron chi connectivity index (χ2n) is 6.30. The summed E-state index contributed by atoms with van der Waals surface area (Å²) in [5.74, 6) is 1.05. The molecule has 1 amide bonds. The SMILES string of the molecule is CC1CCCN(C(=O)C2CCCCCC2N)C1C. The Morgan fingerprint density at radius 2 is 1.78 bits per heavy atom. The van der Waals surface area contributed by atoms with E-state index in [9.17, 15) is 4.79 Å². The lowest BCUT2D eigenvalue weighted by Gasteiger charge is -2.40. The Bertz CT molecular complexity index is 288. The zero-order valence-electron chi connectivity index (χ0n) is 11.9. The molecular formula is C15H28N2O. The molecule has 2 fully saturated rings. The van der Waals surface area contributed by atoms with Crippen molar-refractivity contribution < 1.29 is 4.79 Å². The van der Waals surface area contributed by atoms with Crippen molar-refractivity contribution in [2.24, 2.45) is 17.6 Å². The van der Waals surface area contributed by atoms with E-state index < -0.39 is 0 Å². The summed E-state index contributed by atoms with van der Waals surface area (Å²) in [6.45, 7) is 5.40. The van der Waals surface area contributed by atoms with E-state index in [1.807, 2.05) is 0 Å². The van der Waals surface area contributed by atoms with Gasteiger partial charge in [0, 0.05) is 18.6 Å². The van der Waals surface area contributed by atoms with Crippen LogP contribution in [-0.2, 0) is 4.79 Å². The first-order valence-corrected chi connectivity index (χ1v) is 7.67. The third kappa shape index (κ3) is 2.87. The number of nitrogens with two attached hydrogens (primary N) is 1. The fraction of sp³-hybridized carbons (Fsp3) is 0.933. The van der Waals surface area contributed by atoms with Crippen LogP contribution >= 0.6 is 0 Å². The molecule has 1 aliphatic carbocycles. The Morgan fingerprint density at radius 3 is 2.56 bits per heavy atom. The number of likely N-dealkylation sites (tertiary alicyclic amines) is 1. The maximum Gasteiger partial charge on any atom is 0.227 e. The smallest absolute Gasteiger partial charge is 0.227 e. The highest BCUT2D eigenvalue weighted by molar-refractivity contribution is 5.80. The van der Waals surface area contributed by atoms with Crippen LogP contribution in [0.2, 0.25) is 0 Å². The minimum Gasteiger partial charge on any atom is -0.339 e. The van der Waals surface area contributed by atoms with Gasteiger partial charge in [-0.25, -0.2) is 0 Å². The molecule has 2 rings (SSSR count). The Kier molecular flexibility index (Phi) is 4.66. The molecular weight excluding hydrogens is 224 g/mol. The monoisotopic (exact) mass is 252 g/mol. The van der Waals surface area contributed by atoms with Crippen LogP contribution in [0.3, 0.4) is 0 Å². The summed E-state index contributed by atoms with van der Waals surface area (Å²) in [5, 5.41) is 0. The van der Waals surface area contributed by atoms with E-state index in [4.69, 9.17) is 5.73 Å².